The van der Waals surface area contributed by atoms with Gasteiger partial charge in [-0.05, 0) is 34.1 Å². The Kier molecular flexibility index (Phi) is 2.64. The first kappa shape index (κ1) is 10.0. The van der Waals surface area contributed by atoms with Crippen LogP contribution in [0.15, 0.2) is 39.9 Å². The highest BCUT2D eigenvalue weighted by molar-refractivity contribution is 9.10. The van der Waals surface area contributed by atoms with Gasteiger partial charge in [-0.2, -0.15) is 0 Å². The van der Waals surface area contributed by atoms with Crippen molar-refractivity contribution in [2.75, 3.05) is 0 Å². The molecule has 0 unspecified atom stereocenters. The molecule has 0 fully saturated rings. The van der Waals surface area contributed by atoms with Crippen LogP contribution in [0, 0.1) is 5.82 Å². The van der Waals surface area contributed by atoms with Gasteiger partial charge in [-0.15, -0.1) is 0 Å². The summed E-state index contributed by atoms with van der Waals surface area (Å²) in [6.45, 7) is 0. The Morgan fingerprint density at radius 1 is 1.33 bits per heavy atom. The first-order valence-corrected chi connectivity index (χ1v) is 4.96. The average molecular weight is 269 g/mol. The van der Waals surface area contributed by atoms with Gasteiger partial charge in [0.15, 0.2) is 0 Å². The van der Waals surface area contributed by atoms with Crippen molar-refractivity contribution < 1.29 is 4.39 Å². The Labute approximate surface area is 93.1 Å². The molecular formula is C10H6BrFN2O. The van der Waals surface area contributed by atoms with E-state index in [-0.39, 0.29) is 11.4 Å². The molecule has 0 aliphatic carbocycles. The molecule has 0 aliphatic rings. The zero-order valence-corrected chi connectivity index (χ0v) is 9.08. The molecule has 0 saturated heterocycles. The van der Waals surface area contributed by atoms with E-state index in [1.165, 1.54) is 18.5 Å². The third-order valence-corrected chi connectivity index (χ3v) is 2.50. The largest absolute Gasteiger partial charge is 0.313 e. The molecule has 0 aliphatic heterocycles. The van der Waals surface area contributed by atoms with Crippen molar-refractivity contribution in [3.05, 3.63) is 51.2 Å². The number of nitrogens with one attached hydrogen (secondary N) is 1. The number of rotatable bonds is 1. The van der Waals surface area contributed by atoms with E-state index in [1.54, 1.807) is 12.1 Å². The highest BCUT2D eigenvalue weighted by atomic mass is 79.9. The molecule has 3 nitrogen and oxygen atoms in total. The van der Waals surface area contributed by atoms with Crippen LogP contribution >= 0.6 is 15.9 Å². The van der Waals surface area contributed by atoms with Gasteiger partial charge < -0.3 is 4.98 Å². The summed E-state index contributed by atoms with van der Waals surface area (Å²) in [5.74, 6) is -0.344. The monoisotopic (exact) mass is 268 g/mol. The van der Waals surface area contributed by atoms with Crippen LogP contribution in [0.3, 0.4) is 0 Å². The predicted molar refractivity (Wildman–Crippen MR) is 58.0 cm³/mol. The van der Waals surface area contributed by atoms with Crippen LogP contribution in [0.2, 0.25) is 0 Å². The van der Waals surface area contributed by atoms with E-state index >= 15 is 0 Å². The third kappa shape index (κ3) is 2.12. The van der Waals surface area contributed by atoms with Crippen LogP contribution in [0.5, 0.6) is 0 Å². The summed E-state index contributed by atoms with van der Waals surface area (Å²) in [4.78, 5) is 17.4. The summed E-state index contributed by atoms with van der Waals surface area (Å²) >= 11 is 3.07. The number of hydrogen-bond acceptors (Lipinski definition) is 2. The Morgan fingerprint density at radius 2 is 2.13 bits per heavy atom. The Hall–Kier alpha value is -1.49. The molecule has 2 rings (SSSR count). The minimum atomic E-state index is -0.344. The van der Waals surface area contributed by atoms with E-state index in [0.717, 1.165) is 0 Å². The first-order valence-electron chi connectivity index (χ1n) is 4.17. The van der Waals surface area contributed by atoms with E-state index in [2.05, 4.69) is 25.9 Å². The van der Waals surface area contributed by atoms with Crippen LogP contribution in [0.4, 0.5) is 4.39 Å². The summed E-state index contributed by atoms with van der Waals surface area (Å²) in [6.07, 6.45) is 1.31. The number of hydrogen-bond donors (Lipinski definition) is 1. The normalized spacial score (nSPS) is 10.3. The summed E-state index contributed by atoms with van der Waals surface area (Å²) in [5, 5.41) is 0. The zero-order chi connectivity index (χ0) is 10.8. The molecule has 15 heavy (non-hydrogen) atoms. The lowest BCUT2D eigenvalue weighted by atomic mass is 10.1. The van der Waals surface area contributed by atoms with E-state index in [4.69, 9.17) is 0 Å². The number of nitrogens with zero attached hydrogens (tertiary/aromatic N) is 1. The second-order valence-electron chi connectivity index (χ2n) is 2.93. The minimum Gasteiger partial charge on any atom is -0.313 e. The number of benzene rings is 1. The lowest BCUT2D eigenvalue weighted by molar-refractivity contribution is 0.621. The zero-order valence-electron chi connectivity index (χ0n) is 7.50. The smallest absolute Gasteiger partial charge is 0.251 e. The molecule has 0 amide bonds. The van der Waals surface area contributed by atoms with Gasteiger partial charge in [0.05, 0.1) is 16.5 Å². The number of aromatic nitrogens is 2. The molecule has 1 aromatic heterocycles. The van der Waals surface area contributed by atoms with Gasteiger partial charge in [0.1, 0.15) is 5.82 Å². The Bertz CT molecular complexity index is 553. The fourth-order valence-corrected chi connectivity index (χ4v) is 1.56. The second-order valence-corrected chi connectivity index (χ2v) is 3.78. The van der Waals surface area contributed by atoms with Crippen LogP contribution in [0.1, 0.15) is 0 Å². The van der Waals surface area contributed by atoms with Crippen LogP contribution in [0.25, 0.3) is 11.3 Å². The van der Waals surface area contributed by atoms with Gasteiger partial charge in [0.2, 0.25) is 0 Å². The van der Waals surface area contributed by atoms with Gasteiger partial charge in [0, 0.05) is 11.6 Å². The van der Waals surface area contributed by atoms with Gasteiger partial charge in [-0.25, -0.2) is 9.37 Å². The van der Waals surface area contributed by atoms with Gasteiger partial charge >= 0.3 is 0 Å². The van der Waals surface area contributed by atoms with E-state index in [9.17, 15) is 9.18 Å². The summed E-state index contributed by atoms with van der Waals surface area (Å²) < 4.78 is 13.3. The highest BCUT2D eigenvalue weighted by Gasteiger charge is 2.03. The lowest BCUT2D eigenvalue weighted by Gasteiger charge is -2.00. The van der Waals surface area contributed by atoms with Crippen molar-refractivity contribution in [1.29, 1.82) is 0 Å². The molecule has 5 heteroatoms. The second kappa shape index (κ2) is 3.94. The standard InChI is InChI=1S/C10H6BrFN2O/c11-7-3-6(1-2-8(7)12)9-4-10(15)14-5-13-9/h1-5H,(H,13,14,15). The van der Waals surface area contributed by atoms with Crippen molar-refractivity contribution in [2.45, 2.75) is 0 Å². The predicted octanol–water partition coefficient (Wildman–Crippen LogP) is 2.34. The Morgan fingerprint density at radius 3 is 2.80 bits per heavy atom. The molecule has 0 spiro atoms. The maximum atomic E-state index is 13.0. The molecule has 0 saturated carbocycles. The minimum absolute atomic E-state index is 0.236. The van der Waals surface area contributed by atoms with Gasteiger partial charge in [-0.3, -0.25) is 4.79 Å². The molecule has 1 aromatic carbocycles. The van der Waals surface area contributed by atoms with Crippen LogP contribution < -0.4 is 5.56 Å². The average Bonchev–Trinajstić information content (AvgIpc) is 2.22. The summed E-state index contributed by atoms with van der Waals surface area (Å²) in [6, 6.07) is 5.83. The molecule has 2 aromatic rings. The van der Waals surface area contributed by atoms with E-state index in [0.29, 0.717) is 15.7 Å². The van der Waals surface area contributed by atoms with Crippen molar-refractivity contribution >= 4 is 15.9 Å². The van der Waals surface area contributed by atoms with Gasteiger partial charge in [-0.1, -0.05) is 0 Å². The maximum absolute atomic E-state index is 13.0. The molecule has 0 bridgehead atoms. The fourth-order valence-electron chi connectivity index (χ4n) is 1.18. The molecule has 1 heterocycles. The van der Waals surface area contributed by atoms with Crippen molar-refractivity contribution in [3.8, 4) is 11.3 Å². The van der Waals surface area contributed by atoms with Crippen molar-refractivity contribution in [3.63, 3.8) is 0 Å². The van der Waals surface area contributed by atoms with E-state index < -0.39 is 0 Å². The topological polar surface area (TPSA) is 45.8 Å². The SMILES string of the molecule is O=c1cc(-c2ccc(F)c(Br)c2)nc[nH]1. The quantitative estimate of drug-likeness (QED) is 0.863. The highest BCUT2D eigenvalue weighted by Crippen LogP contribution is 2.22. The van der Waals surface area contributed by atoms with E-state index in [1.807, 2.05) is 0 Å². The Balaban J connectivity index is 2.55. The maximum Gasteiger partial charge on any atom is 0.251 e. The van der Waals surface area contributed by atoms with Crippen molar-refractivity contribution in [2.24, 2.45) is 0 Å². The van der Waals surface area contributed by atoms with Crippen molar-refractivity contribution in [1.82, 2.24) is 9.97 Å². The summed E-state index contributed by atoms with van der Waals surface area (Å²) in [7, 11) is 0. The number of aromatic amines is 1. The fraction of sp³-hybridized carbons (Fsp3) is 0. The number of halogens is 2. The summed E-state index contributed by atoms with van der Waals surface area (Å²) in [5.41, 5.74) is 0.967. The molecular weight excluding hydrogens is 263 g/mol. The molecule has 0 radical (unpaired) electrons. The van der Waals surface area contributed by atoms with Gasteiger partial charge in [0.25, 0.3) is 5.56 Å². The van der Waals surface area contributed by atoms with Crippen LogP contribution in [-0.2, 0) is 0 Å². The third-order valence-electron chi connectivity index (χ3n) is 1.89. The molecule has 1 N–H and O–H groups in total. The number of H-pyrrole nitrogens is 1. The molecule has 0 atom stereocenters. The first-order chi connectivity index (χ1) is 7.16. The van der Waals surface area contributed by atoms with Crippen LogP contribution in [-0.4, -0.2) is 9.97 Å². The molecule has 76 valence electrons. The lowest BCUT2D eigenvalue weighted by Crippen LogP contribution is -2.04.